The number of halogens is 1. The normalized spacial score (nSPS) is 12.8. The SMILES string of the molecule is CN(O)C(=O)c1ccc2c(c1)N=C(Cl)c1ccccc1S2. The van der Waals surface area contributed by atoms with Crippen molar-refractivity contribution in [1.29, 1.82) is 0 Å². The van der Waals surface area contributed by atoms with E-state index < -0.39 is 5.91 Å². The Kier molecular flexibility index (Phi) is 3.71. The first-order chi connectivity index (χ1) is 10.1. The van der Waals surface area contributed by atoms with E-state index in [2.05, 4.69) is 4.99 Å². The average Bonchev–Trinajstić information content (AvgIpc) is 2.61. The number of fused-ring (bicyclic) bond motifs is 2. The summed E-state index contributed by atoms with van der Waals surface area (Å²) < 4.78 is 0. The van der Waals surface area contributed by atoms with Gasteiger partial charge in [-0.1, -0.05) is 41.6 Å². The largest absolute Gasteiger partial charge is 0.286 e. The molecule has 0 aliphatic carbocycles. The van der Waals surface area contributed by atoms with Gasteiger partial charge in [0.25, 0.3) is 5.91 Å². The Morgan fingerprint density at radius 3 is 2.76 bits per heavy atom. The van der Waals surface area contributed by atoms with E-state index in [9.17, 15) is 10.0 Å². The molecule has 0 aromatic heterocycles. The van der Waals surface area contributed by atoms with Gasteiger partial charge in [0.05, 0.1) is 5.69 Å². The number of hydroxylamine groups is 2. The van der Waals surface area contributed by atoms with Crippen molar-refractivity contribution >= 4 is 40.1 Å². The highest BCUT2D eigenvalue weighted by Gasteiger charge is 2.18. The van der Waals surface area contributed by atoms with Crippen molar-refractivity contribution in [3.63, 3.8) is 0 Å². The Bertz CT molecular complexity index is 759. The minimum Gasteiger partial charge on any atom is -0.286 e. The van der Waals surface area contributed by atoms with Crippen molar-refractivity contribution < 1.29 is 10.0 Å². The van der Waals surface area contributed by atoms with Crippen LogP contribution in [0.5, 0.6) is 0 Å². The van der Waals surface area contributed by atoms with Crippen molar-refractivity contribution in [2.24, 2.45) is 4.99 Å². The summed E-state index contributed by atoms with van der Waals surface area (Å²) in [7, 11) is 1.29. The summed E-state index contributed by atoms with van der Waals surface area (Å²) >= 11 is 7.82. The third kappa shape index (κ3) is 2.68. The maximum atomic E-state index is 11.8. The van der Waals surface area contributed by atoms with Crippen LogP contribution in [0.1, 0.15) is 15.9 Å². The molecule has 0 saturated carbocycles. The molecule has 1 amide bonds. The summed E-state index contributed by atoms with van der Waals surface area (Å²) in [6.07, 6.45) is 0. The standard InChI is InChI=1S/C15H11ClN2O2S/c1-18(20)15(19)9-6-7-13-11(8-9)17-14(16)10-4-2-3-5-12(10)21-13/h2-8,20H,1H3. The number of hydrogen-bond donors (Lipinski definition) is 1. The Balaban J connectivity index is 2.11. The molecule has 2 aromatic carbocycles. The molecule has 106 valence electrons. The van der Waals surface area contributed by atoms with Gasteiger partial charge in [-0.2, -0.15) is 0 Å². The second kappa shape index (κ2) is 5.52. The number of rotatable bonds is 1. The molecule has 3 rings (SSSR count). The van der Waals surface area contributed by atoms with E-state index in [1.165, 1.54) is 7.05 Å². The van der Waals surface area contributed by atoms with Crippen LogP contribution in [0.25, 0.3) is 0 Å². The fourth-order valence-electron chi connectivity index (χ4n) is 2.02. The zero-order valence-corrected chi connectivity index (χ0v) is 12.6. The van der Waals surface area contributed by atoms with Crippen molar-refractivity contribution in [3.05, 3.63) is 53.6 Å². The number of carbonyl (C=O) groups is 1. The highest BCUT2D eigenvalue weighted by atomic mass is 35.5. The lowest BCUT2D eigenvalue weighted by atomic mass is 10.2. The van der Waals surface area contributed by atoms with E-state index in [-0.39, 0.29) is 0 Å². The van der Waals surface area contributed by atoms with Gasteiger partial charge >= 0.3 is 0 Å². The molecule has 0 radical (unpaired) electrons. The molecule has 0 unspecified atom stereocenters. The lowest BCUT2D eigenvalue weighted by molar-refractivity contribution is -0.0374. The number of amides is 1. The summed E-state index contributed by atoms with van der Waals surface area (Å²) in [5.74, 6) is -0.490. The third-order valence-electron chi connectivity index (χ3n) is 3.05. The Morgan fingerprint density at radius 2 is 2.00 bits per heavy atom. The van der Waals surface area contributed by atoms with Crippen LogP contribution in [0.15, 0.2) is 57.2 Å². The molecule has 1 aliphatic heterocycles. The summed E-state index contributed by atoms with van der Waals surface area (Å²) in [6.45, 7) is 0. The third-order valence-corrected chi connectivity index (χ3v) is 4.48. The zero-order chi connectivity index (χ0) is 15.0. The molecule has 1 heterocycles. The molecular weight excluding hydrogens is 308 g/mol. The highest BCUT2D eigenvalue weighted by molar-refractivity contribution is 7.99. The second-order valence-electron chi connectivity index (χ2n) is 4.51. The van der Waals surface area contributed by atoms with Crippen LogP contribution in [0, 0.1) is 0 Å². The van der Waals surface area contributed by atoms with Gasteiger partial charge in [0.2, 0.25) is 0 Å². The number of hydrogen-bond acceptors (Lipinski definition) is 4. The quantitative estimate of drug-likeness (QED) is 0.640. The Labute approximate surface area is 131 Å². The molecule has 0 atom stereocenters. The zero-order valence-electron chi connectivity index (χ0n) is 11.1. The van der Waals surface area contributed by atoms with Gasteiger partial charge in [-0.15, -0.1) is 0 Å². The van der Waals surface area contributed by atoms with Gasteiger partial charge in [0.1, 0.15) is 5.17 Å². The lowest BCUT2D eigenvalue weighted by Crippen LogP contribution is -2.22. The molecule has 0 bridgehead atoms. The van der Waals surface area contributed by atoms with E-state index in [0.717, 1.165) is 15.4 Å². The van der Waals surface area contributed by atoms with Crippen LogP contribution in [-0.4, -0.2) is 28.4 Å². The predicted octanol–water partition coefficient (Wildman–Crippen LogP) is 3.93. The second-order valence-corrected chi connectivity index (χ2v) is 5.95. The summed E-state index contributed by atoms with van der Waals surface area (Å²) in [5.41, 5.74) is 1.85. The monoisotopic (exact) mass is 318 g/mol. The minimum atomic E-state index is -0.490. The first-order valence-corrected chi connectivity index (χ1v) is 7.38. The Morgan fingerprint density at radius 1 is 1.24 bits per heavy atom. The average molecular weight is 319 g/mol. The van der Waals surface area contributed by atoms with Crippen LogP contribution in [0.2, 0.25) is 0 Å². The van der Waals surface area contributed by atoms with Crippen LogP contribution in [-0.2, 0) is 0 Å². The maximum Gasteiger partial charge on any atom is 0.277 e. The fraction of sp³-hybridized carbons (Fsp3) is 0.0667. The smallest absolute Gasteiger partial charge is 0.277 e. The molecule has 6 heteroatoms. The molecule has 0 saturated heterocycles. The molecule has 1 N–H and O–H groups in total. The molecule has 21 heavy (non-hydrogen) atoms. The van der Waals surface area contributed by atoms with Crippen LogP contribution in [0.3, 0.4) is 0 Å². The topological polar surface area (TPSA) is 52.9 Å². The minimum absolute atomic E-state index is 0.360. The van der Waals surface area contributed by atoms with E-state index in [4.69, 9.17) is 11.6 Å². The van der Waals surface area contributed by atoms with Crippen LogP contribution < -0.4 is 0 Å². The van der Waals surface area contributed by atoms with E-state index in [1.54, 1.807) is 23.9 Å². The lowest BCUT2D eigenvalue weighted by Gasteiger charge is -2.10. The number of aliphatic imine (C=N–C) groups is 1. The molecule has 0 fully saturated rings. The van der Waals surface area contributed by atoms with E-state index in [1.807, 2.05) is 30.3 Å². The number of carbonyl (C=O) groups excluding carboxylic acids is 1. The van der Waals surface area contributed by atoms with Crippen LogP contribution >= 0.6 is 23.4 Å². The van der Waals surface area contributed by atoms with Gasteiger partial charge < -0.3 is 0 Å². The summed E-state index contributed by atoms with van der Waals surface area (Å²) in [5, 5.41) is 10.2. The highest BCUT2D eigenvalue weighted by Crippen LogP contribution is 2.41. The number of nitrogens with zero attached hydrogens (tertiary/aromatic N) is 2. The van der Waals surface area contributed by atoms with E-state index >= 15 is 0 Å². The summed E-state index contributed by atoms with van der Waals surface area (Å²) in [6, 6.07) is 12.8. The van der Waals surface area contributed by atoms with E-state index in [0.29, 0.717) is 21.5 Å². The van der Waals surface area contributed by atoms with Crippen molar-refractivity contribution in [3.8, 4) is 0 Å². The maximum absolute atomic E-state index is 11.8. The Hall–Kier alpha value is -1.82. The molecule has 1 aliphatic rings. The van der Waals surface area contributed by atoms with Crippen molar-refractivity contribution in [2.75, 3.05) is 7.05 Å². The van der Waals surface area contributed by atoms with Gasteiger partial charge in [0, 0.05) is 28.0 Å². The first-order valence-electron chi connectivity index (χ1n) is 6.18. The summed E-state index contributed by atoms with van der Waals surface area (Å²) in [4.78, 5) is 18.1. The van der Waals surface area contributed by atoms with Crippen LogP contribution in [0.4, 0.5) is 5.69 Å². The van der Waals surface area contributed by atoms with Gasteiger partial charge in [-0.25, -0.2) is 10.1 Å². The van der Waals surface area contributed by atoms with Gasteiger partial charge in [-0.3, -0.25) is 10.0 Å². The molecule has 2 aromatic rings. The molecule has 0 spiro atoms. The first kappa shape index (κ1) is 14.1. The van der Waals surface area contributed by atoms with Crippen molar-refractivity contribution in [1.82, 2.24) is 5.06 Å². The molecular formula is C15H11ClN2O2S. The molecule has 4 nitrogen and oxygen atoms in total. The fourth-order valence-corrected chi connectivity index (χ4v) is 3.34. The van der Waals surface area contributed by atoms with Crippen molar-refractivity contribution in [2.45, 2.75) is 9.79 Å². The van der Waals surface area contributed by atoms with Gasteiger partial charge in [0.15, 0.2) is 0 Å². The van der Waals surface area contributed by atoms with Gasteiger partial charge in [-0.05, 0) is 24.3 Å². The predicted molar refractivity (Wildman–Crippen MR) is 82.9 cm³/mol. The number of benzene rings is 2.